The molecular formula is C26H35N5O2. The Morgan fingerprint density at radius 2 is 1.70 bits per heavy atom. The molecule has 2 aliphatic rings. The number of carbonyl (C=O) groups excluding carboxylic acids is 2. The van der Waals surface area contributed by atoms with Crippen LogP contribution in [0.25, 0.3) is 0 Å². The largest absolute Gasteiger partial charge is 0.374 e. The Labute approximate surface area is 196 Å². The summed E-state index contributed by atoms with van der Waals surface area (Å²) >= 11 is 0. The smallest absolute Gasteiger partial charge is 0.313 e. The van der Waals surface area contributed by atoms with Crippen LogP contribution in [0.4, 0.5) is 11.4 Å². The highest BCUT2D eigenvalue weighted by atomic mass is 16.2. The van der Waals surface area contributed by atoms with Crippen LogP contribution in [0.15, 0.2) is 36.4 Å². The van der Waals surface area contributed by atoms with Gasteiger partial charge in [-0.3, -0.25) is 14.5 Å². The number of carbonyl (C=O) groups is 2. The van der Waals surface area contributed by atoms with Crippen molar-refractivity contribution < 1.29 is 9.59 Å². The number of benzene rings is 2. The van der Waals surface area contributed by atoms with Crippen molar-refractivity contribution in [3.8, 4) is 0 Å². The number of hydrogen-bond donors (Lipinski definition) is 2. The molecule has 1 atom stereocenters. The molecular weight excluding hydrogens is 414 g/mol. The third-order valence-corrected chi connectivity index (χ3v) is 6.90. The minimum Gasteiger partial charge on any atom is -0.374 e. The molecule has 1 unspecified atom stereocenters. The van der Waals surface area contributed by atoms with E-state index in [2.05, 4.69) is 57.6 Å². The van der Waals surface area contributed by atoms with E-state index < -0.39 is 11.8 Å². The molecule has 0 bridgehead atoms. The molecule has 2 amide bonds. The summed E-state index contributed by atoms with van der Waals surface area (Å²) in [6, 6.07) is 12.5. The van der Waals surface area contributed by atoms with Gasteiger partial charge in [-0.05, 0) is 61.7 Å². The average molecular weight is 450 g/mol. The number of likely N-dealkylation sites (N-methyl/N-ethyl adjacent to an activating group) is 2. The summed E-state index contributed by atoms with van der Waals surface area (Å²) < 4.78 is 0. The molecule has 0 spiro atoms. The monoisotopic (exact) mass is 449 g/mol. The van der Waals surface area contributed by atoms with Gasteiger partial charge in [0.15, 0.2) is 0 Å². The van der Waals surface area contributed by atoms with Crippen molar-refractivity contribution in [3.05, 3.63) is 58.7 Å². The fraction of sp³-hybridized carbons (Fsp3) is 0.462. The molecule has 2 aromatic carbocycles. The second-order valence-corrected chi connectivity index (χ2v) is 9.40. The van der Waals surface area contributed by atoms with Gasteiger partial charge in [0.25, 0.3) is 0 Å². The number of nitrogens with one attached hydrogen (secondary N) is 2. The first kappa shape index (κ1) is 23.3. The summed E-state index contributed by atoms with van der Waals surface area (Å²) in [4.78, 5) is 32.3. The minimum atomic E-state index is -0.628. The lowest BCUT2D eigenvalue weighted by Crippen LogP contribution is -2.49. The van der Waals surface area contributed by atoms with E-state index in [4.69, 9.17) is 0 Å². The van der Waals surface area contributed by atoms with Crippen LogP contribution < -0.4 is 15.5 Å². The first-order valence-corrected chi connectivity index (χ1v) is 11.7. The van der Waals surface area contributed by atoms with Gasteiger partial charge in [-0.2, -0.15) is 0 Å². The van der Waals surface area contributed by atoms with Crippen LogP contribution in [0, 0.1) is 13.8 Å². The number of anilines is 2. The topological polar surface area (TPSA) is 67.9 Å². The van der Waals surface area contributed by atoms with Crippen molar-refractivity contribution in [2.45, 2.75) is 26.3 Å². The molecule has 2 N–H and O–H groups in total. The summed E-state index contributed by atoms with van der Waals surface area (Å²) in [6.07, 6.45) is 1.04. The van der Waals surface area contributed by atoms with Gasteiger partial charge in [-0.25, -0.2) is 0 Å². The lowest BCUT2D eigenvalue weighted by atomic mass is 10.00. The lowest BCUT2D eigenvalue weighted by Gasteiger charge is -2.38. The van der Waals surface area contributed by atoms with Crippen molar-refractivity contribution in [2.75, 3.05) is 63.6 Å². The second-order valence-electron chi connectivity index (χ2n) is 9.40. The van der Waals surface area contributed by atoms with Crippen LogP contribution in [0.2, 0.25) is 0 Å². The number of nitrogens with zero attached hydrogens (tertiary/aromatic N) is 3. The molecule has 2 heterocycles. The Morgan fingerprint density at radius 1 is 0.939 bits per heavy atom. The molecule has 176 valence electrons. The van der Waals surface area contributed by atoms with Crippen LogP contribution in [0.5, 0.6) is 0 Å². The maximum Gasteiger partial charge on any atom is 0.313 e. The van der Waals surface area contributed by atoms with E-state index in [0.717, 1.165) is 50.3 Å². The number of aryl methyl sites for hydroxylation is 2. The SMILES string of the molecule is Cc1ccc(C)c(NC(=O)C(=O)NCC(c2ccc3c(c2)CCN3C)N2CCN(C)CC2)c1. The molecule has 2 aromatic rings. The molecule has 0 radical (unpaired) electrons. The van der Waals surface area contributed by atoms with E-state index in [9.17, 15) is 9.59 Å². The second kappa shape index (κ2) is 9.93. The fourth-order valence-electron chi connectivity index (χ4n) is 4.70. The molecule has 7 nitrogen and oxygen atoms in total. The maximum atomic E-state index is 12.7. The van der Waals surface area contributed by atoms with Crippen molar-refractivity contribution >= 4 is 23.2 Å². The van der Waals surface area contributed by atoms with Gasteiger partial charge in [0.05, 0.1) is 6.04 Å². The van der Waals surface area contributed by atoms with Crippen molar-refractivity contribution in [3.63, 3.8) is 0 Å². The summed E-state index contributed by atoms with van der Waals surface area (Å²) in [7, 11) is 4.26. The zero-order valence-electron chi connectivity index (χ0n) is 20.1. The Hall–Kier alpha value is -2.90. The molecule has 2 aliphatic heterocycles. The van der Waals surface area contributed by atoms with Crippen LogP contribution in [-0.2, 0) is 16.0 Å². The third kappa shape index (κ3) is 5.37. The lowest BCUT2D eigenvalue weighted by molar-refractivity contribution is -0.136. The van der Waals surface area contributed by atoms with E-state index in [-0.39, 0.29) is 6.04 Å². The van der Waals surface area contributed by atoms with E-state index in [1.54, 1.807) is 0 Å². The first-order chi connectivity index (χ1) is 15.8. The van der Waals surface area contributed by atoms with E-state index in [0.29, 0.717) is 12.2 Å². The fourth-order valence-corrected chi connectivity index (χ4v) is 4.70. The van der Waals surface area contributed by atoms with E-state index >= 15 is 0 Å². The first-order valence-electron chi connectivity index (χ1n) is 11.7. The van der Waals surface area contributed by atoms with Crippen molar-refractivity contribution in [2.24, 2.45) is 0 Å². The number of hydrogen-bond acceptors (Lipinski definition) is 5. The highest BCUT2D eigenvalue weighted by Crippen LogP contribution is 2.31. The normalized spacial score (nSPS) is 17.5. The highest BCUT2D eigenvalue weighted by Gasteiger charge is 2.27. The van der Waals surface area contributed by atoms with Crippen LogP contribution >= 0.6 is 0 Å². The molecule has 1 fully saturated rings. The summed E-state index contributed by atoms with van der Waals surface area (Å²) in [5.74, 6) is -1.23. The average Bonchev–Trinajstić information content (AvgIpc) is 3.17. The van der Waals surface area contributed by atoms with Gasteiger partial charge in [0.1, 0.15) is 0 Å². The minimum absolute atomic E-state index is 0.0346. The predicted molar refractivity (Wildman–Crippen MR) is 133 cm³/mol. The molecule has 7 heteroatoms. The van der Waals surface area contributed by atoms with Crippen LogP contribution in [0.3, 0.4) is 0 Å². The maximum absolute atomic E-state index is 12.7. The Bertz CT molecular complexity index is 1030. The van der Waals surface area contributed by atoms with E-state index in [1.165, 1.54) is 16.8 Å². The van der Waals surface area contributed by atoms with Gasteiger partial charge >= 0.3 is 11.8 Å². The van der Waals surface area contributed by atoms with Gasteiger partial charge < -0.3 is 20.4 Å². The number of piperazine rings is 1. The number of amides is 2. The Kier molecular flexibility index (Phi) is 7.00. The van der Waals surface area contributed by atoms with Gasteiger partial charge in [0.2, 0.25) is 0 Å². The zero-order valence-corrected chi connectivity index (χ0v) is 20.1. The van der Waals surface area contributed by atoms with Crippen molar-refractivity contribution in [1.29, 1.82) is 0 Å². The quantitative estimate of drug-likeness (QED) is 0.686. The van der Waals surface area contributed by atoms with Crippen LogP contribution in [-0.4, -0.2) is 75.0 Å². The van der Waals surface area contributed by atoms with Crippen LogP contribution in [0.1, 0.15) is 28.3 Å². The standard InChI is InChI=1S/C26H35N5O2/c1-18-5-6-19(2)22(15-18)28-26(33)25(32)27-17-24(31-13-11-29(3)12-14-31)20-7-8-23-21(16-20)9-10-30(23)4/h5-8,15-16,24H,9-14,17H2,1-4H3,(H,27,32)(H,28,33). The zero-order chi connectivity index (χ0) is 23.5. The number of rotatable bonds is 5. The van der Waals surface area contributed by atoms with Gasteiger partial charge in [-0.1, -0.05) is 24.3 Å². The Balaban J connectivity index is 1.46. The molecule has 33 heavy (non-hydrogen) atoms. The Morgan fingerprint density at radius 3 is 2.45 bits per heavy atom. The summed E-state index contributed by atoms with van der Waals surface area (Å²) in [5.41, 5.74) is 6.48. The molecule has 0 aliphatic carbocycles. The molecule has 1 saturated heterocycles. The van der Waals surface area contributed by atoms with Gasteiger partial charge in [-0.15, -0.1) is 0 Å². The predicted octanol–water partition coefficient (Wildman–Crippen LogP) is 2.34. The number of fused-ring (bicyclic) bond motifs is 1. The van der Waals surface area contributed by atoms with Gasteiger partial charge in [0, 0.05) is 57.7 Å². The third-order valence-electron chi connectivity index (χ3n) is 6.90. The highest BCUT2D eigenvalue weighted by molar-refractivity contribution is 6.39. The summed E-state index contributed by atoms with van der Waals surface area (Å²) in [5, 5.41) is 5.67. The van der Waals surface area contributed by atoms with E-state index in [1.807, 2.05) is 32.0 Å². The summed E-state index contributed by atoms with van der Waals surface area (Å²) in [6.45, 7) is 9.17. The molecule has 0 saturated carbocycles. The molecule has 0 aromatic heterocycles. The van der Waals surface area contributed by atoms with Crippen molar-refractivity contribution in [1.82, 2.24) is 15.1 Å². The molecule has 4 rings (SSSR count).